The smallest absolute Gasteiger partial charge is 0.247 e. The lowest BCUT2D eigenvalue weighted by Gasteiger charge is -2.37. The summed E-state index contributed by atoms with van der Waals surface area (Å²) in [6.07, 6.45) is 4.40. The van der Waals surface area contributed by atoms with Crippen LogP contribution >= 0.6 is 0 Å². The number of hydrogen-bond acceptors (Lipinski definition) is 4. The van der Waals surface area contributed by atoms with Crippen molar-refractivity contribution < 1.29 is 13.6 Å². The SMILES string of the molecule is Cc1cnn(C(C)C(=O)N2CCC3NNC(c4ccc(F)c(F)c4)C3C2)c1. The Hall–Kier alpha value is -2.32. The largest absolute Gasteiger partial charge is 0.340 e. The minimum absolute atomic E-state index is 0.0208. The fourth-order valence-corrected chi connectivity index (χ4v) is 4.06. The number of hydrogen-bond donors (Lipinski definition) is 2. The zero-order valence-corrected chi connectivity index (χ0v) is 15.3. The lowest BCUT2D eigenvalue weighted by Crippen LogP contribution is -2.49. The van der Waals surface area contributed by atoms with E-state index in [0.29, 0.717) is 18.7 Å². The highest BCUT2D eigenvalue weighted by molar-refractivity contribution is 5.80. The van der Waals surface area contributed by atoms with E-state index in [1.807, 2.05) is 24.9 Å². The molecule has 2 aliphatic rings. The van der Waals surface area contributed by atoms with E-state index in [1.54, 1.807) is 16.9 Å². The van der Waals surface area contributed by atoms with Gasteiger partial charge in [0.05, 0.1) is 12.2 Å². The quantitative estimate of drug-likeness (QED) is 0.863. The molecule has 4 rings (SSSR count). The number of likely N-dealkylation sites (tertiary alicyclic amines) is 1. The molecule has 0 bridgehead atoms. The maximum Gasteiger partial charge on any atom is 0.247 e. The number of amides is 1. The Morgan fingerprint density at radius 2 is 2.11 bits per heavy atom. The number of piperidine rings is 1. The van der Waals surface area contributed by atoms with Crippen LogP contribution in [0, 0.1) is 24.5 Å². The highest BCUT2D eigenvalue weighted by Crippen LogP contribution is 2.34. The normalized spacial score (nSPS) is 26.1. The third-order valence-electron chi connectivity index (χ3n) is 5.61. The molecule has 4 atom stereocenters. The van der Waals surface area contributed by atoms with Crippen molar-refractivity contribution in [3.05, 3.63) is 53.4 Å². The number of nitrogens with one attached hydrogen (secondary N) is 2. The first-order valence-electron chi connectivity index (χ1n) is 9.19. The maximum absolute atomic E-state index is 13.7. The monoisotopic (exact) mass is 375 g/mol. The molecular weight excluding hydrogens is 352 g/mol. The second kappa shape index (κ2) is 7.01. The first kappa shape index (κ1) is 18.1. The summed E-state index contributed by atoms with van der Waals surface area (Å²) in [5.41, 5.74) is 8.12. The molecule has 0 saturated carbocycles. The van der Waals surface area contributed by atoms with Gasteiger partial charge in [0.1, 0.15) is 6.04 Å². The summed E-state index contributed by atoms with van der Waals surface area (Å²) in [4.78, 5) is 14.8. The van der Waals surface area contributed by atoms with Crippen molar-refractivity contribution in [3.8, 4) is 0 Å². The summed E-state index contributed by atoms with van der Waals surface area (Å²) in [7, 11) is 0. The molecule has 2 N–H and O–H groups in total. The Kier molecular flexibility index (Phi) is 4.69. The second-order valence-electron chi connectivity index (χ2n) is 7.46. The van der Waals surface area contributed by atoms with E-state index in [9.17, 15) is 13.6 Å². The van der Waals surface area contributed by atoms with E-state index in [0.717, 1.165) is 18.1 Å². The van der Waals surface area contributed by atoms with E-state index in [1.165, 1.54) is 6.07 Å². The number of hydrazine groups is 1. The first-order chi connectivity index (χ1) is 12.9. The molecule has 27 heavy (non-hydrogen) atoms. The predicted molar refractivity (Wildman–Crippen MR) is 95.5 cm³/mol. The van der Waals surface area contributed by atoms with Gasteiger partial charge in [-0.05, 0) is 43.5 Å². The van der Waals surface area contributed by atoms with Crippen molar-refractivity contribution in [2.75, 3.05) is 13.1 Å². The van der Waals surface area contributed by atoms with E-state index in [4.69, 9.17) is 0 Å². The number of benzene rings is 1. The summed E-state index contributed by atoms with van der Waals surface area (Å²) in [5, 5.41) is 4.25. The van der Waals surface area contributed by atoms with Gasteiger partial charge >= 0.3 is 0 Å². The first-order valence-corrected chi connectivity index (χ1v) is 9.19. The topological polar surface area (TPSA) is 62.2 Å². The molecule has 6 nitrogen and oxygen atoms in total. The van der Waals surface area contributed by atoms with Crippen molar-refractivity contribution in [2.24, 2.45) is 5.92 Å². The third-order valence-corrected chi connectivity index (χ3v) is 5.61. The van der Waals surface area contributed by atoms with Crippen LogP contribution in [0.2, 0.25) is 0 Å². The molecule has 3 heterocycles. The minimum atomic E-state index is -0.857. The van der Waals surface area contributed by atoms with Crippen LogP contribution in [-0.2, 0) is 4.79 Å². The molecule has 2 aromatic rings. The van der Waals surface area contributed by atoms with E-state index >= 15 is 0 Å². The van der Waals surface area contributed by atoms with Crippen molar-refractivity contribution >= 4 is 5.91 Å². The highest BCUT2D eigenvalue weighted by Gasteiger charge is 2.42. The van der Waals surface area contributed by atoms with Gasteiger partial charge in [-0.25, -0.2) is 14.2 Å². The summed E-state index contributed by atoms with van der Waals surface area (Å²) >= 11 is 0. The lowest BCUT2D eigenvalue weighted by atomic mass is 9.85. The van der Waals surface area contributed by atoms with Gasteiger partial charge in [-0.15, -0.1) is 0 Å². The van der Waals surface area contributed by atoms with Gasteiger partial charge in [-0.2, -0.15) is 5.10 Å². The summed E-state index contributed by atoms with van der Waals surface area (Å²) < 4.78 is 28.6. The number of nitrogens with zero attached hydrogens (tertiary/aromatic N) is 3. The third kappa shape index (κ3) is 3.35. The minimum Gasteiger partial charge on any atom is -0.340 e. The molecular formula is C19H23F2N5O. The van der Waals surface area contributed by atoms with Crippen LogP contribution in [0.15, 0.2) is 30.6 Å². The molecule has 2 aliphatic heterocycles. The number of fused-ring (bicyclic) bond motifs is 1. The molecule has 0 spiro atoms. The molecule has 1 amide bonds. The van der Waals surface area contributed by atoms with E-state index in [-0.39, 0.29) is 30.0 Å². The standard InChI is InChI=1S/C19H23F2N5O/c1-11-8-22-26(9-11)12(2)19(27)25-6-5-17-14(10-25)18(24-23-17)13-3-4-15(20)16(21)7-13/h3-4,7-9,12,14,17-18,23-24H,5-6,10H2,1-2H3. The fourth-order valence-electron chi connectivity index (χ4n) is 4.06. The molecule has 8 heteroatoms. The Balaban J connectivity index is 1.50. The number of carbonyl (C=O) groups excluding carboxylic acids is 1. The average molecular weight is 375 g/mol. The zero-order chi connectivity index (χ0) is 19.1. The second-order valence-corrected chi connectivity index (χ2v) is 7.46. The molecule has 2 fully saturated rings. The molecule has 2 saturated heterocycles. The van der Waals surface area contributed by atoms with Crippen molar-refractivity contribution in [3.63, 3.8) is 0 Å². The van der Waals surface area contributed by atoms with E-state index in [2.05, 4.69) is 16.0 Å². The van der Waals surface area contributed by atoms with Crippen LogP contribution in [0.3, 0.4) is 0 Å². The van der Waals surface area contributed by atoms with Crippen molar-refractivity contribution in [1.29, 1.82) is 0 Å². The van der Waals surface area contributed by atoms with Gasteiger partial charge in [0, 0.05) is 31.2 Å². The predicted octanol–water partition coefficient (Wildman–Crippen LogP) is 2.10. The Morgan fingerprint density at radius 3 is 2.81 bits per heavy atom. The van der Waals surface area contributed by atoms with Crippen LogP contribution in [0.5, 0.6) is 0 Å². The summed E-state index contributed by atoms with van der Waals surface area (Å²) in [6.45, 7) is 4.99. The van der Waals surface area contributed by atoms with Crippen LogP contribution in [0.4, 0.5) is 8.78 Å². The van der Waals surface area contributed by atoms with Crippen LogP contribution in [0.25, 0.3) is 0 Å². The number of halogens is 2. The molecule has 4 unspecified atom stereocenters. The number of rotatable bonds is 3. The lowest BCUT2D eigenvalue weighted by molar-refractivity contribution is -0.136. The van der Waals surface area contributed by atoms with E-state index < -0.39 is 11.6 Å². The van der Waals surface area contributed by atoms with Gasteiger partial charge < -0.3 is 4.90 Å². The van der Waals surface area contributed by atoms with Gasteiger partial charge in [0.2, 0.25) is 5.91 Å². The van der Waals surface area contributed by atoms with Gasteiger partial charge in [-0.3, -0.25) is 14.9 Å². The molecule has 0 radical (unpaired) electrons. The Labute approximate surface area is 156 Å². The highest BCUT2D eigenvalue weighted by atomic mass is 19.2. The summed E-state index contributed by atoms with van der Waals surface area (Å²) in [5.74, 6) is -1.61. The van der Waals surface area contributed by atoms with Crippen LogP contribution in [0.1, 0.15) is 36.6 Å². The molecule has 0 aliphatic carbocycles. The Morgan fingerprint density at radius 1 is 1.30 bits per heavy atom. The van der Waals surface area contributed by atoms with Crippen LogP contribution < -0.4 is 10.9 Å². The van der Waals surface area contributed by atoms with Crippen molar-refractivity contribution in [1.82, 2.24) is 25.5 Å². The average Bonchev–Trinajstić information content (AvgIpc) is 3.28. The number of aryl methyl sites for hydroxylation is 1. The van der Waals surface area contributed by atoms with Crippen molar-refractivity contribution in [2.45, 2.75) is 38.4 Å². The number of carbonyl (C=O) groups is 1. The molecule has 1 aromatic heterocycles. The van der Waals surface area contributed by atoms with Gasteiger partial charge in [0.25, 0.3) is 0 Å². The maximum atomic E-state index is 13.7. The zero-order valence-electron chi connectivity index (χ0n) is 15.3. The molecule has 144 valence electrons. The van der Waals surface area contributed by atoms with Crippen LogP contribution in [-0.4, -0.2) is 39.7 Å². The summed E-state index contributed by atoms with van der Waals surface area (Å²) in [6, 6.07) is 3.60. The number of aromatic nitrogens is 2. The fraction of sp³-hybridized carbons (Fsp3) is 0.474. The Bertz CT molecular complexity index is 854. The molecule has 1 aromatic carbocycles. The van der Waals surface area contributed by atoms with Gasteiger partial charge in [0.15, 0.2) is 11.6 Å². The van der Waals surface area contributed by atoms with Gasteiger partial charge in [-0.1, -0.05) is 6.07 Å².